The molecule has 0 saturated heterocycles. The van der Waals surface area contributed by atoms with Crippen molar-refractivity contribution < 1.29 is 9.18 Å². The van der Waals surface area contributed by atoms with Gasteiger partial charge in [0.05, 0.1) is 17.8 Å². The van der Waals surface area contributed by atoms with E-state index in [1.54, 1.807) is 42.5 Å². The molecule has 7 nitrogen and oxygen atoms in total. The molecule has 0 unspecified atom stereocenters. The number of halogens is 1. The summed E-state index contributed by atoms with van der Waals surface area (Å²) in [5, 5.41) is 4.00. The lowest BCUT2D eigenvalue weighted by molar-refractivity contribution is -0.113. The minimum atomic E-state index is -0.521. The fraction of sp³-hybridized carbons (Fsp3) is 0.0952. The topological polar surface area (TPSA) is 84.6 Å². The van der Waals surface area contributed by atoms with Crippen LogP contribution in [0, 0.1) is 12.7 Å². The number of carbonyl (C=O) groups excluding carboxylic acids is 1. The number of fused-ring (bicyclic) bond motifs is 2. The van der Waals surface area contributed by atoms with E-state index in [2.05, 4.69) is 10.1 Å². The molecule has 148 valence electrons. The summed E-state index contributed by atoms with van der Waals surface area (Å²) in [6.45, 7) is 1.50. The lowest BCUT2D eigenvalue weighted by atomic mass is 10.1. The van der Waals surface area contributed by atoms with Crippen LogP contribution in [0.5, 0.6) is 0 Å². The van der Waals surface area contributed by atoms with E-state index in [9.17, 15) is 18.8 Å². The summed E-state index contributed by atoms with van der Waals surface area (Å²) in [4.78, 5) is 43.6. The van der Waals surface area contributed by atoms with E-state index >= 15 is 0 Å². The van der Waals surface area contributed by atoms with Crippen molar-refractivity contribution in [2.24, 2.45) is 0 Å². The summed E-state index contributed by atoms with van der Waals surface area (Å²) in [6.07, 6.45) is 0. The Morgan fingerprint density at radius 3 is 2.57 bits per heavy atom. The molecular formula is C21H13FN4O3S. The minimum Gasteiger partial charge on any atom is -0.303 e. The van der Waals surface area contributed by atoms with Crippen molar-refractivity contribution in [3.8, 4) is 0 Å². The number of hydrogen-bond acceptors (Lipinski definition) is 6. The van der Waals surface area contributed by atoms with Crippen LogP contribution in [0.3, 0.4) is 0 Å². The summed E-state index contributed by atoms with van der Waals surface area (Å²) < 4.78 is 15.4. The number of aromatic nitrogens is 3. The lowest BCUT2D eigenvalue weighted by Gasteiger charge is -2.17. The maximum atomic E-state index is 14.2. The number of carbonyl (C=O) groups is 1. The van der Waals surface area contributed by atoms with Gasteiger partial charge < -0.3 is 4.90 Å². The van der Waals surface area contributed by atoms with Gasteiger partial charge in [0.1, 0.15) is 16.0 Å². The first kappa shape index (κ1) is 18.3. The highest BCUT2D eigenvalue weighted by Crippen LogP contribution is 2.36. The molecule has 5 rings (SSSR count). The van der Waals surface area contributed by atoms with Crippen molar-refractivity contribution in [1.29, 1.82) is 0 Å². The number of rotatable bonds is 2. The van der Waals surface area contributed by atoms with Crippen molar-refractivity contribution in [3.63, 3.8) is 0 Å². The van der Waals surface area contributed by atoms with E-state index in [-0.39, 0.29) is 27.3 Å². The Balaban J connectivity index is 1.76. The molecule has 0 aliphatic carbocycles. The van der Waals surface area contributed by atoms with Crippen LogP contribution in [0.4, 0.5) is 10.1 Å². The predicted octanol–water partition coefficient (Wildman–Crippen LogP) is 1.42. The van der Waals surface area contributed by atoms with Gasteiger partial charge >= 0.3 is 0 Å². The first-order valence-corrected chi connectivity index (χ1v) is 9.87. The molecule has 0 spiro atoms. The maximum Gasteiger partial charge on any atom is 0.295 e. The normalized spacial score (nSPS) is 15.1. The molecule has 1 amide bonds. The van der Waals surface area contributed by atoms with Crippen LogP contribution in [0.25, 0.3) is 10.5 Å². The molecule has 0 N–H and O–H groups in total. The van der Waals surface area contributed by atoms with Gasteiger partial charge in [-0.3, -0.25) is 14.4 Å². The van der Waals surface area contributed by atoms with Crippen LogP contribution in [-0.4, -0.2) is 20.5 Å². The lowest BCUT2D eigenvalue weighted by Crippen LogP contribution is -2.33. The zero-order valence-corrected chi connectivity index (χ0v) is 16.4. The van der Waals surface area contributed by atoms with Gasteiger partial charge in [0.15, 0.2) is 0 Å². The van der Waals surface area contributed by atoms with Crippen LogP contribution < -0.4 is 20.6 Å². The Bertz CT molecular complexity index is 1530. The van der Waals surface area contributed by atoms with E-state index in [4.69, 9.17) is 0 Å². The van der Waals surface area contributed by atoms with Crippen LogP contribution in [0.1, 0.15) is 16.8 Å². The molecule has 4 aromatic rings. The zero-order chi connectivity index (χ0) is 21.0. The molecule has 0 radical (unpaired) electrons. The van der Waals surface area contributed by atoms with Crippen molar-refractivity contribution in [3.05, 3.63) is 96.4 Å². The quantitative estimate of drug-likeness (QED) is 0.490. The number of hydrogen-bond donors (Lipinski definition) is 0. The third-order valence-electron chi connectivity index (χ3n) is 4.95. The average molecular weight is 420 g/mol. The number of nitrogens with zero attached hydrogens (tertiary/aromatic N) is 4. The number of amides is 1. The second kappa shape index (κ2) is 6.67. The van der Waals surface area contributed by atoms with Crippen molar-refractivity contribution in [2.45, 2.75) is 13.5 Å². The van der Waals surface area contributed by atoms with Crippen LogP contribution >= 0.6 is 11.3 Å². The number of aryl methyl sites for hydroxylation is 1. The highest BCUT2D eigenvalue weighted by atomic mass is 32.1. The predicted molar refractivity (Wildman–Crippen MR) is 110 cm³/mol. The molecular weight excluding hydrogens is 407 g/mol. The first-order chi connectivity index (χ1) is 14.5. The van der Waals surface area contributed by atoms with Gasteiger partial charge in [-0.2, -0.15) is 14.6 Å². The Hall–Kier alpha value is -3.72. The van der Waals surface area contributed by atoms with E-state index < -0.39 is 22.8 Å². The summed E-state index contributed by atoms with van der Waals surface area (Å²) in [6, 6.07) is 13.3. The first-order valence-electron chi connectivity index (χ1n) is 9.05. The van der Waals surface area contributed by atoms with Crippen molar-refractivity contribution in [1.82, 2.24) is 14.6 Å². The molecule has 0 atom stereocenters. The van der Waals surface area contributed by atoms with Gasteiger partial charge in [0.25, 0.3) is 17.0 Å². The summed E-state index contributed by atoms with van der Waals surface area (Å²) >= 11 is 0.941. The summed E-state index contributed by atoms with van der Waals surface area (Å²) in [5.74, 6) is -0.826. The number of para-hydroxylation sites is 1. The van der Waals surface area contributed by atoms with E-state index in [1.807, 2.05) is 0 Å². The van der Waals surface area contributed by atoms with Gasteiger partial charge in [-0.25, -0.2) is 4.39 Å². The largest absolute Gasteiger partial charge is 0.303 e. The fourth-order valence-electron chi connectivity index (χ4n) is 3.49. The van der Waals surface area contributed by atoms with Gasteiger partial charge in [-0.05, 0) is 19.1 Å². The number of benzene rings is 2. The standard InChI is InChI=1S/C21H13FN4O3S/c1-11-18(27)23-21-26(24-11)20(29)17(30-21)16-13-7-3-5-9-15(13)25(19(16)28)10-12-6-2-4-8-14(12)22/h2-9H,10H2,1H3. The van der Waals surface area contributed by atoms with E-state index in [0.717, 1.165) is 15.9 Å². The summed E-state index contributed by atoms with van der Waals surface area (Å²) in [7, 11) is 0. The minimum absolute atomic E-state index is 0.0264. The molecule has 3 heterocycles. The van der Waals surface area contributed by atoms with Crippen LogP contribution in [-0.2, 0) is 11.3 Å². The highest BCUT2D eigenvalue weighted by Gasteiger charge is 2.34. The van der Waals surface area contributed by atoms with E-state index in [0.29, 0.717) is 16.8 Å². The van der Waals surface area contributed by atoms with E-state index in [1.165, 1.54) is 17.9 Å². The average Bonchev–Trinajstić information content (AvgIpc) is 3.18. The maximum absolute atomic E-state index is 14.2. The Morgan fingerprint density at radius 2 is 1.77 bits per heavy atom. The Morgan fingerprint density at radius 1 is 1.03 bits per heavy atom. The van der Waals surface area contributed by atoms with Crippen molar-refractivity contribution >= 4 is 33.5 Å². The SMILES string of the molecule is Cc1nn2c(=O)c(=C3C(=O)N(Cc4ccccc4F)c4ccccc43)sc2nc1=O. The van der Waals surface area contributed by atoms with Crippen LogP contribution in [0.2, 0.25) is 0 Å². The molecule has 1 aliphatic heterocycles. The van der Waals surface area contributed by atoms with Gasteiger partial charge in [-0.15, -0.1) is 0 Å². The second-order valence-electron chi connectivity index (χ2n) is 6.81. The molecule has 2 aromatic heterocycles. The number of anilines is 1. The van der Waals surface area contributed by atoms with Gasteiger partial charge in [0.2, 0.25) is 4.96 Å². The Labute approximate surface area is 172 Å². The summed E-state index contributed by atoms with van der Waals surface area (Å²) in [5.41, 5.74) is 0.785. The molecule has 30 heavy (non-hydrogen) atoms. The number of thiazole rings is 1. The fourth-order valence-corrected chi connectivity index (χ4v) is 4.49. The highest BCUT2D eigenvalue weighted by molar-refractivity contribution is 7.15. The smallest absolute Gasteiger partial charge is 0.295 e. The molecule has 1 aliphatic rings. The monoisotopic (exact) mass is 420 g/mol. The second-order valence-corrected chi connectivity index (χ2v) is 7.79. The van der Waals surface area contributed by atoms with Crippen LogP contribution in [0.15, 0.2) is 58.1 Å². The van der Waals surface area contributed by atoms with Crippen molar-refractivity contribution in [2.75, 3.05) is 4.90 Å². The zero-order valence-electron chi connectivity index (χ0n) is 15.6. The molecule has 0 saturated carbocycles. The molecule has 0 bridgehead atoms. The third kappa shape index (κ3) is 2.66. The van der Waals surface area contributed by atoms with Gasteiger partial charge in [-0.1, -0.05) is 47.7 Å². The Kier molecular flexibility index (Phi) is 4.07. The molecule has 0 fully saturated rings. The third-order valence-corrected chi connectivity index (χ3v) is 5.98. The molecule has 2 aromatic carbocycles. The van der Waals surface area contributed by atoms with Gasteiger partial charge in [0, 0.05) is 11.1 Å². The molecule has 9 heteroatoms.